The molecule has 0 N–H and O–H groups in total. The predicted molar refractivity (Wildman–Crippen MR) is 94.7 cm³/mol. The molecule has 1 heterocycles. The summed E-state index contributed by atoms with van der Waals surface area (Å²) in [5.41, 5.74) is 3.62. The first-order chi connectivity index (χ1) is 11.7. The molecule has 2 nitrogen and oxygen atoms in total. The SMILES string of the molecule is C=C1C(=O)c2ccccc2C2Cc3ccc4ccccc4c3OC12. The van der Waals surface area contributed by atoms with Gasteiger partial charge in [-0.1, -0.05) is 67.2 Å². The van der Waals surface area contributed by atoms with Gasteiger partial charge in [0.15, 0.2) is 5.78 Å². The standard InChI is InChI=1S/C22H16O2/c1-13-20(23)18-9-5-4-8-17(18)19-12-15-11-10-14-6-2-3-7-16(14)22(15)24-21(13)19/h2-11,19,21H,1,12H2. The molecule has 0 bridgehead atoms. The maximum Gasteiger partial charge on any atom is 0.192 e. The third-order valence-electron chi connectivity index (χ3n) is 5.25. The van der Waals surface area contributed by atoms with Crippen LogP contribution in [0.2, 0.25) is 0 Å². The molecule has 0 spiro atoms. The van der Waals surface area contributed by atoms with Crippen molar-refractivity contribution in [1.82, 2.24) is 0 Å². The van der Waals surface area contributed by atoms with Crippen molar-refractivity contribution in [3.63, 3.8) is 0 Å². The largest absolute Gasteiger partial charge is 0.484 e. The van der Waals surface area contributed by atoms with Gasteiger partial charge in [-0.2, -0.15) is 0 Å². The number of ether oxygens (including phenoxy) is 1. The summed E-state index contributed by atoms with van der Waals surface area (Å²) in [7, 11) is 0. The molecule has 0 fully saturated rings. The fraction of sp³-hybridized carbons (Fsp3) is 0.136. The van der Waals surface area contributed by atoms with Crippen LogP contribution in [0.25, 0.3) is 10.8 Å². The molecular weight excluding hydrogens is 296 g/mol. The Labute approximate surface area is 140 Å². The maximum absolute atomic E-state index is 12.7. The quantitative estimate of drug-likeness (QED) is 0.563. The van der Waals surface area contributed by atoms with Crippen LogP contribution in [-0.4, -0.2) is 11.9 Å². The van der Waals surface area contributed by atoms with Crippen molar-refractivity contribution >= 4 is 16.6 Å². The van der Waals surface area contributed by atoms with Gasteiger partial charge in [-0.05, 0) is 22.9 Å². The molecule has 0 amide bonds. The monoisotopic (exact) mass is 312 g/mol. The molecule has 2 aliphatic rings. The molecule has 116 valence electrons. The number of hydrogen-bond donors (Lipinski definition) is 0. The van der Waals surface area contributed by atoms with Gasteiger partial charge < -0.3 is 4.74 Å². The van der Waals surface area contributed by atoms with E-state index >= 15 is 0 Å². The Morgan fingerprint density at radius 1 is 0.958 bits per heavy atom. The summed E-state index contributed by atoms with van der Waals surface area (Å²) in [5, 5.41) is 2.26. The Morgan fingerprint density at radius 3 is 2.67 bits per heavy atom. The lowest BCUT2D eigenvalue weighted by molar-refractivity contribution is 0.0952. The number of rotatable bonds is 0. The van der Waals surface area contributed by atoms with Crippen LogP contribution in [0.5, 0.6) is 5.75 Å². The second kappa shape index (κ2) is 4.81. The molecule has 0 saturated carbocycles. The van der Waals surface area contributed by atoms with Gasteiger partial charge in [0.1, 0.15) is 11.9 Å². The number of ketones is 1. The minimum atomic E-state index is -0.272. The van der Waals surface area contributed by atoms with Crippen molar-refractivity contribution in [1.29, 1.82) is 0 Å². The fourth-order valence-corrected chi connectivity index (χ4v) is 4.06. The summed E-state index contributed by atoms with van der Waals surface area (Å²) < 4.78 is 6.37. The van der Waals surface area contributed by atoms with Crippen LogP contribution in [0.3, 0.4) is 0 Å². The fourth-order valence-electron chi connectivity index (χ4n) is 4.06. The highest BCUT2D eigenvalue weighted by molar-refractivity contribution is 6.11. The average Bonchev–Trinajstić information content (AvgIpc) is 2.65. The van der Waals surface area contributed by atoms with E-state index in [0.717, 1.165) is 34.1 Å². The van der Waals surface area contributed by atoms with Crippen LogP contribution in [0.1, 0.15) is 27.4 Å². The summed E-state index contributed by atoms with van der Waals surface area (Å²) in [6, 6.07) is 20.4. The number of Topliss-reactive ketones (excluding diaryl/α,β-unsaturated/α-hetero) is 1. The molecule has 24 heavy (non-hydrogen) atoms. The molecule has 0 radical (unpaired) electrons. The van der Waals surface area contributed by atoms with E-state index in [9.17, 15) is 4.79 Å². The summed E-state index contributed by atoms with van der Waals surface area (Å²) >= 11 is 0. The van der Waals surface area contributed by atoms with Crippen molar-refractivity contribution in [3.8, 4) is 5.75 Å². The molecule has 0 saturated heterocycles. The van der Waals surface area contributed by atoms with E-state index in [2.05, 4.69) is 30.8 Å². The first-order valence-corrected chi connectivity index (χ1v) is 8.24. The minimum Gasteiger partial charge on any atom is -0.484 e. The Morgan fingerprint density at radius 2 is 1.75 bits per heavy atom. The second-order valence-corrected chi connectivity index (χ2v) is 6.57. The highest BCUT2D eigenvalue weighted by Crippen LogP contribution is 2.45. The lowest BCUT2D eigenvalue weighted by Crippen LogP contribution is -2.39. The van der Waals surface area contributed by atoms with E-state index in [1.54, 1.807) is 0 Å². The van der Waals surface area contributed by atoms with Crippen LogP contribution in [0, 0.1) is 0 Å². The van der Waals surface area contributed by atoms with Gasteiger partial charge in [0.05, 0.1) is 0 Å². The van der Waals surface area contributed by atoms with Crippen LogP contribution < -0.4 is 4.74 Å². The van der Waals surface area contributed by atoms with Crippen LogP contribution >= 0.6 is 0 Å². The molecule has 2 heteroatoms. The van der Waals surface area contributed by atoms with Crippen molar-refractivity contribution in [3.05, 3.63) is 89.5 Å². The van der Waals surface area contributed by atoms with Gasteiger partial charge in [-0.15, -0.1) is 0 Å². The normalized spacial score (nSPS) is 21.7. The smallest absolute Gasteiger partial charge is 0.192 e. The molecule has 2 unspecified atom stereocenters. The summed E-state index contributed by atoms with van der Waals surface area (Å²) in [6.45, 7) is 4.06. The van der Waals surface area contributed by atoms with E-state index in [1.165, 1.54) is 5.56 Å². The Balaban J connectivity index is 1.72. The Bertz CT molecular complexity index is 1020. The van der Waals surface area contributed by atoms with Gasteiger partial charge in [0.2, 0.25) is 0 Å². The van der Waals surface area contributed by atoms with Gasteiger partial charge in [0.25, 0.3) is 0 Å². The molecular formula is C22H16O2. The van der Waals surface area contributed by atoms with Crippen molar-refractivity contribution < 1.29 is 9.53 Å². The molecule has 3 aromatic rings. The molecule has 2 atom stereocenters. The molecule has 3 aromatic carbocycles. The van der Waals surface area contributed by atoms with Crippen molar-refractivity contribution in [2.24, 2.45) is 0 Å². The van der Waals surface area contributed by atoms with Gasteiger partial charge >= 0.3 is 0 Å². The van der Waals surface area contributed by atoms with Crippen molar-refractivity contribution in [2.45, 2.75) is 18.4 Å². The van der Waals surface area contributed by atoms with Crippen molar-refractivity contribution in [2.75, 3.05) is 0 Å². The van der Waals surface area contributed by atoms with Gasteiger partial charge in [-0.25, -0.2) is 0 Å². The van der Waals surface area contributed by atoms with E-state index in [4.69, 9.17) is 4.74 Å². The maximum atomic E-state index is 12.7. The Hall–Kier alpha value is -2.87. The number of carbonyl (C=O) groups excluding carboxylic acids is 1. The lowest BCUT2D eigenvalue weighted by atomic mass is 9.73. The summed E-state index contributed by atoms with van der Waals surface area (Å²) in [6.07, 6.45) is 0.597. The van der Waals surface area contributed by atoms with Crippen LogP contribution in [0.15, 0.2) is 72.8 Å². The van der Waals surface area contributed by atoms with Gasteiger partial charge in [0, 0.05) is 22.4 Å². The minimum absolute atomic E-state index is 0.00976. The first kappa shape index (κ1) is 13.6. The van der Waals surface area contributed by atoms with Crippen LogP contribution in [-0.2, 0) is 6.42 Å². The third-order valence-corrected chi connectivity index (χ3v) is 5.25. The highest BCUT2D eigenvalue weighted by Gasteiger charge is 2.41. The topological polar surface area (TPSA) is 26.3 Å². The number of fused-ring (bicyclic) bond motifs is 6. The number of carbonyl (C=O) groups is 1. The zero-order valence-electron chi connectivity index (χ0n) is 13.2. The average molecular weight is 312 g/mol. The van der Waals surface area contributed by atoms with E-state index in [0.29, 0.717) is 5.57 Å². The second-order valence-electron chi connectivity index (χ2n) is 6.57. The predicted octanol–water partition coefficient (Wildman–Crippen LogP) is 4.68. The highest BCUT2D eigenvalue weighted by atomic mass is 16.5. The summed E-state index contributed by atoms with van der Waals surface area (Å²) in [4.78, 5) is 12.7. The third kappa shape index (κ3) is 1.74. The molecule has 5 rings (SSSR count). The lowest BCUT2D eigenvalue weighted by Gasteiger charge is -2.39. The molecule has 0 aromatic heterocycles. The zero-order chi connectivity index (χ0) is 16.3. The first-order valence-electron chi connectivity index (χ1n) is 8.24. The zero-order valence-corrected chi connectivity index (χ0v) is 13.2. The number of benzene rings is 3. The summed E-state index contributed by atoms with van der Waals surface area (Å²) in [5.74, 6) is 1.07. The Kier molecular flexibility index (Phi) is 2.72. The van der Waals surface area contributed by atoms with E-state index < -0.39 is 0 Å². The van der Waals surface area contributed by atoms with Gasteiger partial charge in [-0.3, -0.25) is 4.79 Å². The van der Waals surface area contributed by atoms with E-state index in [1.807, 2.05) is 36.4 Å². The number of hydrogen-bond acceptors (Lipinski definition) is 2. The molecule has 1 aliphatic heterocycles. The van der Waals surface area contributed by atoms with E-state index in [-0.39, 0.29) is 17.8 Å². The molecule has 1 aliphatic carbocycles. The van der Waals surface area contributed by atoms with Crippen LogP contribution in [0.4, 0.5) is 0 Å².